The molecule has 2 aromatic carbocycles. The quantitative estimate of drug-likeness (QED) is 0.459. The number of nitrogens with zero attached hydrogens (tertiary/aromatic N) is 1. The number of fused-ring (bicyclic) bond motifs is 1. The summed E-state index contributed by atoms with van der Waals surface area (Å²) in [6.45, 7) is 0. The predicted octanol–water partition coefficient (Wildman–Crippen LogP) is 6.89. The monoisotopic (exact) mass is 421 g/mol. The first-order chi connectivity index (χ1) is 14.5. The van der Waals surface area contributed by atoms with Gasteiger partial charge >= 0.3 is 0 Å². The van der Waals surface area contributed by atoms with Crippen LogP contribution in [0.5, 0.6) is 0 Å². The van der Waals surface area contributed by atoms with Gasteiger partial charge in [0, 0.05) is 28.9 Å². The number of Topliss-reactive ketones (excluding diaryl/α,β-unsaturated/α-hetero) is 1. The predicted molar refractivity (Wildman–Crippen MR) is 118 cm³/mol. The molecular formula is C26H25ClFNO. The molecule has 0 saturated heterocycles. The van der Waals surface area contributed by atoms with E-state index >= 15 is 0 Å². The van der Waals surface area contributed by atoms with Gasteiger partial charge in [-0.3, -0.25) is 9.78 Å². The van der Waals surface area contributed by atoms with Crippen LogP contribution in [-0.2, 0) is 11.2 Å². The molecule has 5 rings (SSSR count). The van der Waals surface area contributed by atoms with E-state index in [0.29, 0.717) is 28.6 Å². The van der Waals surface area contributed by atoms with Gasteiger partial charge in [0.15, 0.2) is 0 Å². The fourth-order valence-corrected chi connectivity index (χ4v) is 5.83. The van der Waals surface area contributed by atoms with E-state index in [1.807, 2.05) is 30.5 Å². The number of rotatable bonds is 4. The van der Waals surface area contributed by atoms with Crippen LogP contribution in [0.15, 0.2) is 54.7 Å². The second-order valence-corrected chi connectivity index (χ2v) is 9.58. The van der Waals surface area contributed by atoms with Gasteiger partial charge in [0.25, 0.3) is 0 Å². The lowest BCUT2D eigenvalue weighted by Crippen LogP contribution is -2.43. The van der Waals surface area contributed by atoms with Gasteiger partial charge in [-0.2, -0.15) is 0 Å². The van der Waals surface area contributed by atoms with Crippen LogP contribution in [0.2, 0.25) is 5.02 Å². The van der Waals surface area contributed by atoms with Crippen LogP contribution in [0.25, 0.3) is 10.9 Å². The molecule has 1 spiro atoms. The average Bonchev–Trinajstić information content (AvgIpc) is 2.73. The summed E-state index contributed by atoms with van der Waals surface area (Å²) in [7, 11) is 0. The Morgan fingerprint density at radius 2 is 1.87 bits per heavy atom. The van der Waals surface area contributed by atoms with E-state index in [4.69, 9.17) is 11.6 Å². The minimum Gasteiger partial charge on any atom is -0.299 e. The molecular weight excluding hydrogens is 397 g/mol. The van der Waals surface area contributed by atoms with Crippen molar-refractivity contribution in [1.29, 1.82) is 0 Å². The molecule has 0 atom stereocenters. The third kappa shape index (κ3) is 3.65. The zero-order valence-corrected chi connectivity index (χ0v) is 17.7. The first kappa shape index (κ1) is 19.7. The van der Waals surface area contributed by atoms with E-state index in [1.54, 1.807) is 12.1 Å². The van der Waals surface area contributed by atoms with Gasteiger partial charge in [-0.05, 0) is 91.3 Å². The Balaban J connectivity index is 1.22. The molecule has 2 aliphatic rings. The summed E-state index contributed by atoms with van der Waals surface area (Å²) >= 11 is 6.22. The molecule has 0 aliphatic heterocycles. The molecule has 0 amide bonds. The lowest BCUT2D eigenvalue weighted by molar-refractivity contribution is -0.131. The molecule has 0 bridgehead atoms. The molecule has 3 aromatic rings. The van der Waals surface area contributed by atoms with Gasteiger partial charge in [0.05, 0.1) is 5.52 Å². The molecule has 2 nitrogen and oxygen atoms in total. The summed E-state index contributed by atoms with van der Waals surface area (Å²) in [5.74, 6) is 0.740. The second kappa shape index (κ2) is 7.77. The second-order valence-electron chi connectivity index (χ2n) is 9.18. The average molecular weight is 422 g/mol. The Kier molecular flexibility index (Phi) is 5.10. The Labute approximate surface area is 181 Å². The molecule has 4 heteroatoms. The number of ketones is 1. The van der Waals surface area contributed by atoms with Crippen LogP contribution >= 0.6 is 11.6 Å². The van der Waals surface area contributed by atoms with Crippen LogP contribution < -0.4 is 0 Å². The maximum Gasteiger partial charge on any atom is 0.140 e. The van der Waals surface area contributed by atoms with Gasteiger partial charge in [-0.15, -0.1) is 0 Å². The highest BCUT2D eigenvalue weighted by Crippen LogP contribution is 2.57. The van der Waals surface area contributed by atoms with Crippen LogP contribution in [0, 0.1) is 17.2 Å². The highest BCUT2D eigenvalue weighted by Gasteiger charge is 2.48. The number of carbonyl (C=O) groups is 1. The van der Waals surface area contributed by atoms with Crippen molar-refractivity contribution in [3.8, 4) is 0 Å². The summed E-state index contributed by atoms with van der Waals surface area (Å²) in [6.07, 6.45) is 8.79. The Morgan fingerprint density at radius 3 is 2.63 bits per heavy atom. The summed E-state index contributed by atoms with van der Waals surface area (Å²) in [6, 6.07) is 14.5. The molecule has 2 fully saturated rings. The summed E-state index contributed by atoms with van der Waals surface area (Å²) in [5.41, 5.74) is 3.35. The molecule has 30 heavy (non-hydrogen) atoms. The Morgan fingerprint density at radius 1 is 1.10 bits per heavy atom. The first-order valence-electron chi connectivity index (χ1n) is 10.8. The topological polar surface area (TPSA) is 30.0 Å². The largest absolute Gasteiger partial charge is 0.299 e. The van der Waals surface area contributed by atoms with E-state index < -0.39 is 0 Å². The van der Waals surface area contributed by atoms with Crippen LogP contribution in [0.3, 0.4) is 0 Å². The third-order valence-corrected chi connectivity index (χ3v) is 7.73. The van der Waals surface area contributed by atoms with Crippen molar-refractivity contribution in [2.45, 2.75) is 50.9 Å². The van der Waals surface area contributed by atoms with Crippen molar-refractivity contribution in [2.24, 2.45) is 11.3 Å². The highest BCUT2D eigenvalue weighted by atomic mass is 35.5. The number of pyridine rings is 1. The van der Waals surface area contributed by atoms with E-state index in [2.05, 4.69) is 11.1 Å². The van der Waals surface area contributed by atoms with Crippen molar-refractivity contribution in [2.75, 3.05) is 0 Å². The zero-order valence-electron chi connectivity index (χ0n) is 16.9. The number of hydrogen-bond acceptors (Lipinski definition) is 2. The molecule has 154 valence electrons. The van der Waals surface area contributed by atoms with Gasteiger partial charge in [-0.1, -0.05) is 29.8 Å². The number of halogens is 2. The number of carbonyl (C=O) groups excluding carboxylic acids is 1. The molecule has 0 N–H and O–H groups in total. The molecule has 2 saturated carbocycles. The minimum absolute atomic E-state index is 0.175. The van der Waals surface area contributed by atoms with Crippen LogP contribution in [0.4, 0.5) is 4.39 Å². The number of benzene rings is 2. The highest BCUT2D eigenvalue weighted by molar-refractivity contribution is 6.31. The lowest BCUT2D eigenvalue weighted by atomic mass is 9.53. The summed E-state index contributed by atoms with van der Waals surface area (Å²) in [5, 5.41) is 1.63. The standard InChI is InChI=1S/C26H25ClFNO/c27-23-4-2-1-3-18(23)13-25(30)19-15-26(16-19)10-7-17(8-11-26)21-9-12-29-24-6-5-20(28)14-22(21)24/h1-6,9,12,14,17,19H,7-8,10-11,13,15-16H2. The lowest BCUT2D eigenvalue weighted by Gasteiger charge is -2.51. The Bertz CT molecular complexity index is 1100. The van der Waals surface area contributed by atoms with Gasteiger partial charge in [0.1, 0.15) is 11.6 Å². The summed E-state index contributed by atoms with van der Waals surface area (Å²) < 4.78 is 13.8. The van der Waals surface area contributed by atoms with Crippen molar-refractivity contribution in [1.82, 2.24) is 4.98 Å². The molecule has 1 heterocycles. The van der Waals surface area contributed by atoms with Gasteiger partial charge in [-0.25, -0.2) is 4.39 Å². The first-order valence-corrected chi connectivity index (χ1v) is 11.2. The SMILES string of the molecule is O=C(Cc1ccccc1Cl)C1CC2(CCC(c3ccnc4ccc(F)cc34)CC2)C1. The molecule has 0 radical (unpaired) electrons. The fourth-order valence-electron chi connectivity index (χ4n) is 5.63. The van der Waals surface area contributed by atoms with E-state index in [-0.39, 0.29) is 11.7 Å². The van der Waals surface area contributed by atoms with Crippen LogP contribution in [0.1, 0.15) is 55.6 Å². The van der Waals surface area contributed by atoms with Crippen molar-refractivity contribution in [3.05, 3.63) is 76.7 Å². The smallest absolute Gasteiger partial charge is 0.140 e. The van der Waals surface area contributed by atoms with Crippen LogP contribution in [-0.4, -0.2) is 10.8 Å². The Hall–Kier alpha value is -2.26. The normalized spacial score (nSPS) is 25.9. The van der Waals surface area contributed by atoms with Crippen molar-refractivity contribution < 1.29 is 9.18 Å². The number of hydrogen-bond donors (Lipinski definition) is 0. The van der Waals surface area contributed by atoms with Gasteiger partial charge in [0.2, 0.25) is 0 Å². The molecule has 1 aromatic heterocycles. The maximum absolute atomic E-state index is 13.8. The van der Waals surface area contributed by atoms with E-state index in [1.165, 1.54) is 11.6 Å². The van der Waals surface area contributed by atoms with Crippen molar-refractivity contribution >= 4 is 28.3 Å². The third-order valence-electron chi connectivity index (χ3n) is 7.36. The maximum atomic E-state index is 13.8. The minimum atomic E-state index is -0.206. The summed E-state index contributed by atoms with van der Waals surface area (Å²) in [4.78, 5) is 17.1. The van der Waals surface area contributed by atoms with E-state index in [0.717, 1.165) is 55.0 Å². The van der Waals surface area contributed by atoms with Crippen molar-refractivity contribution in [3.63, 3.8) is 0 Å². The molecule has 0 unspecified atom stereocenters. The van der Waals surface area contributed by atoms with Gasteiger partial charge < -0.3 is 0 Å². The molecule has 2 aliphatic carbocycles. The fraction of sp³-hybridized carbons (Fsp3) is 0.385. The zero-order chi connectivity index (χ0) is 20.7. The number of aromatic nitrogens is 1. The van der Waals surface area contributed by atoms with E-state index in [9.17, 15) is 9.18 Å².